The Hall–Kier alpha value is -1.65. The summed E-state index contributed by atoms with van der Waals surface area (Å²) < 4.78 is 0.964. The van der Waals surface area contributed by atoms with E-state index in [1.807, 2.05) is 18.2 Å². The van der Waals surface area contributed by atoms with Crippen LogP contribution in [-0.2, 0) is 6.54 Å². The fraction of sp³-hybridized carbons (Fsp3) is 0.143. The second kappa shape index (κ2) is 5.15. The van der Waals surface area contributed by atoms with Gasteiger partial charge in [-0.2, -0.15) is 0 Å². The van der Waals surface area contributed by atoms with Gasteiger partial charge >= 0.3 is 0 Å². The van der Waals surface area contributed by atoms with Gasteiger partial charge in [-0.1, -0.05) is 29.8 Å². The van der Waals surface area contributed by atoms with Crippen molar-refractivity contribution in [3.05, 3.63) is 52.3 Å². The minimum absolute atomic E-state index is 0.532. The molecule has 5 heteroatoms. The molecular weight excluding hydrogens is 278 g/mol. The van der Waals surface area contributed by atoms with Crippen LogP contribution in [0.25, 0.3) is 10.2 Å². The van der Waals surface area contributed by atoms with Crippen LogP contribution in [-0.4, -0.2) is 9.97 Å². The monoisotopic (exact) mass is 289 g/mol. The smallest absolute Gasteiger partial charge is 0.150 e. The van der Waals surface area contributed by atoms with Crippen molar-refractivity contribution in [2.45, 2.75) is 13.5 Å². The maximum absolute atomic E-state index is 6.10. The Kier molecular flexibility index (Phi) is 3.36. The number of hydrogen-bond donors (Lipinski definition) is 1. The summed E-state index contributed by atoms with van der Waals surface area (Å²) in [7, 11) is 0. The normalized spacial score (nSPS) is 10.8. The highest BCUT2D eigenvalue weighted by Crippen LogP contribution is 2.33. The van der Waals surface area contributed by atoms with E-state index in [2.05, 4.69) is 34.3 Å². The maximum atomic E-state index is 6.10. The molecular formula is C14H12ClN3S. The predicted molar refractivity (Wildman–Crippen MR) is 80.9 cm³/mol. The highest BCUT2D eigenvalue weighted by Gasteiger charge is 2.12. The Bertz CT molecular complexity index is 709. The molecule has 0 saturated heterocycles. The van der Waals surface area contributed by atoms with Crippen LogP contribution in [0.4, 0.5) is 5.69 Å². The van der Waals surface area contributed by atoms with Crippen LogP contribution in [0.1, 0.15) is 10.4 Å². The number of fused-ring (bicyclic) bond motifs is 1. The second-order valence-electron chi connectivity index (χ2n) is 4.21. The number of hydrogen-bond acceptors (Lipinski definition) is 4. The summed E-state index contributed by atoms with van der Waals surface area (Å²) in [5, 5.41) is 3.93. The van der Waals surface area contributed by atoms with Crippen LogP contribution in [0.15, 0.2) is 36.7 Å². The first-order valence-corrected chi connectivity index (χ1v) is 7.12. The van der Waals surface area contributed by atoms with Gasteiger partial charge in [-0.3, -0.25) is 0 Å². The van der Waals surface area contributed by atoms with Crippen molar-refractivity contribution in [1.82, 2.24) is 9.97 Å². The fourth-order valence-electron chi connectivity index (χ4n) is 1.95. The number of anilines is 1. The molecule has 19 heavy (non-hydrogen) atoms. The molecule has 0 spiro atoms. The van der Waals surface area contributed by atoms with Crippen molar-refractivity contribution in [2.75, 3.05) is 5.32 Å². The molecule has 0 aliphatic heterocycles. The Labute approximate surface area is 120 Å². The molecule has 3 aromatic rings. The number of benzene rings is 1. The third-order valence-electron chi connectivity index (χ3n) is 2.99. The molecule has 1 N–H and O–H groups in total. The van der Waals surface area contributed by atoms with Gasteiger partial charge in [0.1, 0.15) is 11.5 Å². The summed E-state index contributed by atoms with van der Waals surface area (Å²) in [6.07, 6.45) is 1.51. The molecule has 0 fully saturated rings. The van der Waals surface area contributed by atoms with E-state index >= 15 is 0 Å². The summed E-state index contributed by atoms with van der Waals surface area (Å²) >= 11 is 7.75. The maximum Gasteiger partial charge on any atom is 0.150 e. The van der Waals surface area contributed by atoms with Gasteiger partial charge in [0, 0.05) is 17.1 Å². The Morgan fingerprint density at radius 1 is 1.21 bits per heavy atom. The number of nitrogens with zero attached hydrogens (tertiary/aromatic N) is 2. The lowest BCUT2D eigenvalue weighted by molar-refractivity contribution is 1.16. The third kappa shape index (κ3) is 2.41. The Morgan fingerprint density at radius 2 is 2.00 bits per heavy atom. The van der Waals surface area contributed by atoms with Crippen LogP contribution in [0.3, 0.4) is 0 Å². The summed E-state index contributed by atoms with van der Waals surface area (Å²) in [4.78, 5) is 9.57. The molecule has 0 atom stereocenters. The minimum atomic E-state index is 0.532. The second-order valence-corrected chi connectivity index (χ2v) is 5.68. The van der Waals surface area contributed by atoms with Gasteiger partial charge in [0.05, 0.1) is 10.2 Å². The minimum Gasteiger partial charge on any atom is -0.380 e. The van der Waals surface area contributed by atoms with Gasteiger partial charge in [0.25, 0.3) is 0 Å². The van der Waals surface area contributed by atoms with E-state index < -0.39 is 0 Å². The zero-order chi connectivity index (χ0) is 13.2. The summed E-state index contributed by atoms with van der Waals surface area (Å²) in [5.74, 6) is 0. The summed E-state index contributed by atoms with van der Waals surface area (Å²) in [5.41, 5.74) is 3.24. The first kappa shape index (κ1) is 12.4. The van der Waals surface area contributed by atoms with Crippen LogP contribution in [0.5, 0.6) is 0 Å². The molecule has 96 valence electrons. The van der Waals surface area contributed by atoms with Crippen LogP contribution in [0, 0.1) is 6.92 Å². The summed E-state index contributed by atoms with van der Waals surface area (Å²) in [6, 6.07) is 10.1. The fourth-order valence-corrected chi connectivity index (χ4v) is 3.28. The van der Waals surface area contributed by atoms with Crippen molar-refractivity contribution in [1.29, 1.82) is 0 Å². The van der Waals surface area contributed by atoms with Crippen molar-refractivity contribution >= 4 is 38.8 Å². The molecule has 0 aliphatic carbocycles. The van der Waals surface area contributed by atoms with Crippen LogP contribution >= 0.6 is 22.9 Å². The third-order valence-corrected chi connectivity index (χ3v) is 4.67. The van der Waals surface area contributed by atoms with Crippen molar-refractivity contribution in [3.63, 3.8) is 0 Å². The molecule has 1 aromatic carbocycles. The first-order chi connectivity index (χ1) is 9.25. The molecule has 3 rings (SSSR count). The molecule has 3 nitrogen and oxygen atoms in total. The van der Waals surface area contributed by atoms with E-state index in [1.54, 1.807) is 11.3 Å². The quantitative estimate of drug-likeness (QED) is 0.732. The number of aryl methyl sites for hydroxylation is 1. The highest BCUT2D eigenvalue weighted by molar-refractivity contribution is 7.19. The van der Waals surface area contributed by atoms with E-state index in [0.29, 0.717) is 5.15 Å². The van der Waals surface area contributed by atoms with Crippen molar-refractivity contribution < 1.29 is 0 Å². The van der Waals surface area contributed by atoms with Gasteiger partial charge < -0.3 is 5.32 Å². The largest absolute Gasteiger partial charge is 0.380 e. The van der Waals surface area contributed by atoms with Gasteiger partial charge in [0.2, 0.25) is 0 Å². The lowest BCUT2D eigenvalue weighted by Gasteiger charge is -2.04. The average molecular weight is 290 g/mol. The van der Waals surface area contributed by atoms with E-state index in [0.717, 1.165) is 22.4 Å². The molecule has 0 saturated carbocycles. The van der Waals surface area contributed by atoms with Gasteiger partial charge in [-0.25, -0.2) is 9.97 Å². The lowest BCUT2D eigenvalue weighted by atomic mass is 10.2. The molecule has 0 radical (unpaired) electrons. The number of thiophene rings is 1. The van der Waals surface area contributed by atoms with E-state index in [1.165, 1.54) is 16.8 Å². The zero-order valence-corrected chi connectivity index (χ0v) is 11.9. The molecule has 0 aliphatic rings. The molecule has 2 aromatic heterocycles. The standard InChI is InChI=1S/C14H12ClN3S/c1-9-11(7-16-10-5-3-2-4-6-10)19-13-12(9)17-8-18-14(13)15/h2-6,8,16H,7H2,1H3. The van der Waals surface area contributed by atoms with Gasteiger partial charge in [0.15, 0.2) is 0 Å². The van der Waals surface area contributed by atoms with Gasteiger partial charge in [-0.15, -0.1) is 11.3 Å². The van der Waals surface area contributed by atoms with E-state index in [4.69, 9.17) is 11.6 Å². The Morgan fingerprint density at radius 3 is 2.74 bits per heavy atom. The zero-order valence-electron chi connectivity index (χ0n) is 10.4. The van der Waals surface area contributed by atoms with Crippen LogP contribution < -0.4 is 5.32 Å². The highest BCUT2D eigenvalue weighted by atomic mass is 35.5. The molecule has 0 unspecified atom stereocenters. The lowest BCUT2D eigenvalue weighted by Crippen LogP contribution is -1.98. The first-order valence-electron chi connectivity index (χ1n) is 5.93. The van der Waals surface area contributed by atoms with Crippen molar-refractivity contribution in [2.24, 2.45) is 0 Å². The van der Waals surface area contributed by atoms with Crippen molar-refractivity contribution in [3.8, 4) is 0 Å². The SMILES string of the molecule is Cc1c(CNc2ccccc2)sc2c(Cl)ncnc12. The molecule has 2 heterocycles. The van der Waals surface area contributed by atoms with E-state index in [9.17, 15) is 0 Å². The molecule has 0 bridgehead atoms. The van der Waals surface area contributed by atoms with E-state index in [-0.39, 0.29) is 0 Å². The number of halogens is 1. The van der Waals surface area contributed by atoms with Crippen LogP contribution in [0.2, 0.25) is 5.15 Å². The average Bonchev–Trinajstić information content (AvgIpc) is 2.77. The Balaban J connectivity index is 1.89. The summed E-state index contributed by atoms with van der Waals surface area (Å²) in [6.45, 7) is 2.84. The number of para-hydroxylation sites is 1. The number of aromatic nitrogens is 2. The predicted octanol–water partition coefficient (Wildman–Crippen LogP) is 4.27. The topological polar surface area (TPSA) is 37.8 Å². The molecule has 0 amide bonds. The number of nitrogens with one attached hydrogen (secondary N) is 1. The number of rotatable bonds is 3. The van der Waals surface area contributed by atoms with Gasteiger partial charge in [-0.05, 0) is 24.6 Å².